The van der Waals surface area contributed by atoms with Gasteiger partial charge in [0, 0.05) is 17.5 Å². The molecule has 0 saturated heterocycles. The lowest BCUT2D eigenvalue weighted by Gasteiger charge is -2.23. The molecule has 2 heterocycles. The maximum Gasteiger partial charge on any atom is 0.179 e. The van der Waals surface area contributed by atoms with Crippen molar-refractivity contribution in [1.29, 1.82) is 0 Å². The van der Waals surface area contributed by atoms with Crippen LogP contribution in [-0.4, -0.2) is 25.2 Å². The van der Waals surface area contributed by atoms with E-state index in [1.165, 1.54) is 27.3 Å². The Morgan fingerprint density at radius 3 is 2.80 bits per heavy atom. The quantitative estimate of drug-likeness (QED) is 0.428. The zero-order chi connectivity index (χ0) is 20.7. The molecule has 1 aliphatic rings. The highest BCUT2D eigenvalue weighted by molar-refractivity contribution is 6.32. The van der Waals surface area contributed by atoms with Gasteiger partial charge in [-0.05, 0) is 60.0 Å². The summed E-state index contributed by atoms with van der Waals surface area (Å²) in [5, 5.41) is 7.80. The third-order valence-electron chi connectivity index (χ3n) is 5.74. The zero-order valence-electron chi connectivity index (χ0n) is 17.1. The van der Waals surface area contributed by atoms with Gasteiger partial charge in [0.25, 0.3) is 0 Å². The largest absolute Gasteiger partial charge is 0.493 e. The average Bonchev–Trinajstić information content (AvgIpc) is 2.79. The summed E-state index contributed by atoms with van der Waals surface area (Å²) in [5.41, 5.74) is 5.49. The van der Waals surface area contributed by atoms with Crippen molar-refractivity contribution in [3.05, 3.63) is 64.7 Å². The van der Waals surface area contributed by atoms with Crippen molar-refractivity contribution >= 4 is 33.3 Å². The summed E-state index contributed by atoms with van der Waals surface area (Å²) in [7, 11) is 1.63. The van der Waals surface area contributed by atoms with Crippen molar-refractivity contribution in [1.82, 2.24) is 10.3 Å². The van der Waals surface area contributed by atoms with Crippen LogP contribution in [-0.2, 0) is 13.0 Å². The molecule has 0 saturated carbocycles. The predicted molar refractivity (Wildman–Crippen MR) is 123 cm³/mol. The number of hydrogen-bond acceptors (Lipinski definition) is 4. The van der Waals surface area contributed by atoms with Crippen LogP contribution < -0.4 is 14.8 Å². The van der Waals surface area contributed by atoms with Gasteiger partial charge < -0.3 is 14.8 Å². The Balaban J connectivity index is 1.81. The van der Waals surface area contributed by atoms with Gasteiger partial charge >= 0.3 is 0 Å². The molecule has 0 bridgehead atoms. The highest BCUT2D eigenvalue weighted by Gasteiger charge is 2.22. The van der Waals surface area contributed by atoms with Gasteiger partial charge in [-0.25, -0.2) is 4.98 Å². The Morgan fingerprint density at radius 2 is 1.97 bits per heavy atom. The van der Waals surface area contributed by atoms with Crippen molar-refractivity contribution in [2.75, 3.05) is 20.3 Å². The molecule has 0 radical (unpaired) electrons. The number of ether oxygens (including phenoxy) is 2. The molecule has 0 amide bonds. The smallest absolute Gasteiger partial charge is 0.179 e. The maximum atomic E-state index is 6.57. The predicted octanol–water partition coefficient (Wildman–Crippen LogP) is 5.76. The highest BCUT2D eigenvalue weighted by Crippen LogP contribution is 2.42. The Labute approximate surface area is 180 Å². The lowest BCUT2D eigenvalue weighted by atomic mass is 9.90. The zero-order valence-corrected chi connectivity index (χ0v) is 17.8. The van der Waals surface area contributed by atoms with Crippen LogP contribution in [0.5, 0.6) is 11.5 Å². The van der Waals surface area contributed by atoms with Gasteiger partial charge in [-0.15, -0.1) is 0 Å². The van der Waals surface area contributed by atoms with E-state index in [9.17, 15) is 0 Å². The van der Waals surface area contributed by atoms with Crippen molar-refractivity contribution in [2.45, 2.75) is 19.9 Å². The molecule has 4 nitrogen and oxygen atoms in total. The van der Waals surface area contributed by atoms with Crippen LogP contribution in [0.1, 0.15) is 18.1 Å². The second kappa shape index (κ2) is 7.78. The molecule has 1 aromatic heterocycles. The molecular weight excluding hydrogens is 396 g/mol. The normalized spacial score (nSPS) is 13.4. The number of fused-ring (bicyclic) bond motifs is 5. The Bertz CT molecular complexity index is 1270. The molecule has 0 unspecified atom stereocenters. The third-order valence-corrected chi connectivity index (χ3v) is 6.02. The minimum Gasteiger partial charge on any atom is -0.493 e. The standard InChI is InChI=1S/C25H23ClN2O2/c1-3-30-25-20(26)12-16(13-22(25)29-2)24-19-14-27-11-10-18(19)23-17-7-5-4-6-15(17)8-9-21(23)28-24/h4-9,12-13,27H,3,10-11,14H2,1-2H3. The molecule has 5 rings (SSSR count). The average molecular weight is 419 g/mol. The number of nitrogens with zero attached hydrogens (tertiary/aromatic N) is 1. The van der Waals surface area contributed by atoms with Gasteiger partial charge in [0.05, 0.1) is 29.9 Å². The molecule has 0 fully saturated rings. The summed E-state index contributed by atoms with van der Waals surface area (Å²) in [6, 6.07) is 16.7. The van der Waals surface area contributed by atoms with Crippen LogP contribution >= 0.6 is 11.6 Å². The van der Waals surface area contributed by atoms with Crippen LogP contribution in [0.3, 0.4) is 0 Å². The van der Waals surface area contributed by atoms with Crippen LogP contribution in [0.4, 0.5) is 0 Å². The number of benzene rings is 3. The van der Waals surface area contributed by atoms with E-state index in [1.807, 2.05) is 19.1 Å². The van der Waals surface area contributed by atoms with Crippen LogP contribution in [0.2, 0.25) is 5.02 Å². The lowest BCUT2D eigenvalue weighted by molar-refractivity contribution is 0.311. The van der Waals surface area contributed by atoms with Gasteiger partial charge in [0.1, 0.15) is 0 Å². The Morgan fingerprint density at radius 1 is 1.10 bits per heavy atom. The number of halogens is 1. The van der Waals surface area contributed by atoms with Crippen molar-refractivity contribution in [2.24, 2.45) is 0 Å². The van der Waals surface area contributed by atoms with E-state index in [1.54, 1.807) is 7.11 Å². The third kappa shape index (κ3) is 3.08. The molecule has 0 atom stereocenters. The summed E-state index contributed by atoms with van der Waals surface area (Å²) >= 11 is 6.57. The lowest BCUT2D eigenvalue weighted by Crippen LogP contribution is -2.25. The molecule has 152 valence electrons. The number of nitrogens with one attached hydrogen (secondary N) is 1. The van der Waals surface area contributed by atoms with E-state index in [2.05, 4.69) is 41.7 Å². The molecular formula is C25H23ClN2O2. The summed E-state index contributed by atoms with van der Waals surface area (Å²) in [6.45, 7) is 4.20. The first kappa shape index (κ1) is 19.2. The maximum absolute atomic E-state index is 6.57. The van der Waals surface area contributed by atoms with Gasteiger partial charge in [-0.1, -0.05) is 41.9 Å². The number of hydrogen-bond donors (Lipinski definition) is 1. The van der Waals surface area contributed by atoms with Gasteiger partial charge in [-0.3, -0.25) is 0 Å². The van der Waals surface area contributed by atoms with Gasteiger partial charge in [0.15, 0.2) is 11.5 Å². The summed E-state index contributed by atoms with van der Waals surface area (Å²) < 4.78 is 11.3. The second-order valence-electron chi connectivity index (χ2n) is 7.45. The topological polar surface area (TPSA) is 43.4 Å². The van der Waals surface area contributed by atoms with E-state index < -0.39 is 0 Å². The SMILES string of the molecule is CCOc1c(Cl)cc(-c2nc3ccc4ccccc4c3c3c2CNCC3)cc1OC. The van der Waals surface area contributed by atoms with Crippen molar-refractivity contribution in [3.8, 4) is 22.8 Å². The van der Waals surface area contributed by atoms with Crippen molar-refractivity contribution in [3.63, 3.8) is 0 Å². The van der Waals surface area contributed by atoms with E-state index in [0.717, 1.165) is 36.3 Å². The molecule has 3 aromatic carbocycles. The summed E-state index contributed by atoms with van der Waals surface area (Å²) in [4.78, 5) is 5.11. The molecule has 0 aliphatic carbocycles. The number of pyridine rings is 1. The van der Waals surface area contributed by atoms with Gasteiger partial charge in [-0.2, -0.15) is 0 Å². The van der Waals surface area contributed by atoms with E-state index >= 15 is 0 Å². The second-order valence-corrected chi connectivity index (χ2v) is 7.85. The summed E-state index contributed by atoms with van der Waals surface area (Å²) in [5.74, 6) is 1.20. The fraction of sp³-hybridized carbons (Fsp3) is 0.240. The van der Waals surface area contributed by atoms with Crippen LogP contribution in [0.15, 0.2) is 48.5 Å². The first-order valence-electron chi connectivity index (χ1n) is 10.3. The molecule has 1 aliphatic heterocycles. The van der Waals surface area contributed by atoms with E-state index in [-0.39, 0.29) is 0 Å². The molecule has 5 heteroatoms. The first-order valence-corrected chi connectivity index (χ1v) is 10.6. The molecule has 0 spiro atoms. The van der Waals surface area contributed by atoms with Crippen molar-refractivity contribution < 1.29 is 9.47 Å². The molecule has 4 aromatic rings. The Kier molecular flexibility index (Phi) is 4.97. The first-order chi connectivity index (χ1) is 14.7. The number of methoxy groups -OCH3 is 1. The van der Waals surface area contributed by atoms with Crippen LogP contribution in [0.25, 0.3) is 32.9 Å². The number of aromatic nitrogens is 1. The molecule has 1 N–H and O–H groups in total. The fourth-order valence-corrected chi connectivity index (χ4v) is 4.69. The number of rotatable bonds is 4. The monoisotopic (exact) mass is 418 g/mol. The van der Waals surface area contributed by atoms with E-state index in [4.69, 9.17) is 26.1 Å². The Hall–Kier alpha value is -2.82. The molecule has 30 heavy (non-hydrogen) atoms. The summed E-state index contributed by atoms with van der Waals surface area (Å²) in [6.07, 6.45) is 0.970. The minimum atomic E-state index is 0.524. The fourth-order valence-electron chi connectivity index (χ4n) is 4.42. The van der Waals surface area contributed by atoms with E-state index in [0.29, 0.717) is 23.1 Å². The van der Waals surface area contributed by atoms with Gasteiger partial charge in [0.2, 0.25) is 0 Å². The van der Waals surface area contributed by atoms with Crippen LogP contribution in [0, 0.1) is 0 Å². The minimum absolute atomic E-state index is 0.524. The highest BCUT2D eigenvalue weighted by atomic mass is 35.5.